The zero-order valence-corrected chi connectivity index (χ0v) is 17.2. The van der Waals surface area contributed by atoms with Gasteiger partial charge in [-0.05, 0) is 12.1 Å². The third kappa shape index (κ3) is 4.36. The second kappa shape index (κ2) is 8.89. The highest BCUT2D eigenvalue weighted by Crippen LogP contribution is 2.30. The molecule has 2 aromatic heterocycles. The first-order chi connectivity index (χ1) is 15.4. The van der Waals surface area contributed by atoms with Crippen molar-refractivity contribution in [1.29, 1.82) is 0 Å². The smallest absolute Gasteiger partial charge is 0.247 e. The maximum absolute atomic E-state index is 5.78. The standard InChI is InChI=1S/C24H17N5OS/c1-4-10-17(11-5-1)21-22(18-12-6-2-7-13-18)27-29-24(25-21)31-16-20-26-28-23(30-20)19-14-8-3-9-15-19/h1-15H,16H2. The number of aromatic nitrogens is 5. The summed E-state index contributed by atoms with van der Waals surface area (Å²) in [6.45, 7) is 0. The Morgan fingerprint density at radius 3 is 1.81 bits per heavy atom. The number of hydrogen-bond donors (Lipinski definition) is 0. The number of thioether (sulfide) groups is 1. The van der Waals surface area contributed by atoms with Crippen LogP contribution in [0.4, 0.5) is 0 Å². The molecule has 7 heteroatoms. The Hall–Kier alpha value is -3.84. The van der Waals surface area contributed by atoms with E-state index < -0.39 is 0 Å². The van der Waals surface area contributed by atoms with Crippen LogP contribution in [0, 0.1) is 0 Å². The molecule has 3 aromatic carbocycles. The first-order valence-corrected chi connectivity index (χ1v) is 10.7. The summed E-state index contributed by atoms with van der Waals surface area (Å²) in [6.07, 6.45) is 0. The van der Waals surface area contributed by atoms with E-state index in [1.165, 1.54) is 11.8 Å². The molecule has 0 N–H and O–H groups in total. The maximum Gasteiger partial charge on any atom is 0.247 e. The molecule has 5 rings (SSSR count). The van der Waals surface area contributed by atoms with Gasteiger partial charge in [0.2, 0.25) is 16.9 Å². The molecule has 0 aliphatic heterocycles. The van der Waals surface area contributed by atoms with Crippen molar-refractivity contribution in [3.63, 3.8) is 0 Å². The summed E-state index contributed by atoms with van der Waals surface area (Å²) in [5, 5.41) is 17.6. The number of benzene rings is 3. The molecule has 0 bridgehead atoms. The van der Waals surface area contributed by atoms with Crippen molar-refractivity contribution in [3.8, 4) is 34.0 Å². The first-order valence-electron chi connectivity index (χ1n) is 9.73. The maximum atomic E-state index is 5.78. The summed E-state index contributed by atoms with van der Waals surface area (Å²) in [5.74, 6) is 1.47. The van der Waals surface area contributed by atoms with E-state index in [1.807, 2.05) is 91.0 Å². The largest absolute Gasteiger partial charge is 0.420 e. The van der Waals surface area contributed by atoms with Gasteiger partial charge in [0, 0.05) is 16.7 Å². The molecule has 0 unspecified atom stereocenters. The summed E-state index contributed by atoms with van der Waals surface area (Å²) in [4.78, 5) is 4.80. The van der Waals surface area contributed by atoms with E-state index in [2.05, 4.69) is 20.4 Å². The molecule has 0 aliphatic carbocycles. The molecule has 31 heavy (non-hydrogen) atoms. The number of hydrogen-bond acceptors (Lipinski definition) is 7. The van der Waals surface area contributed by atoms with Crippen molar-refractivity contribution in [3.05, 3.63) is 96.9 Å². The fraction of sp³-hybridized carbons (Fsp3) is 0.0417. The van der Waals surface area contributed by atoms with Crippen molar-refractivity contribution in [1.82, 2.24) is 25.4 Å². The Labute approximate surface area is 183 Å². The molecule has 150 valence electrons. The summed E-state index contributed by atoms with van der Waals surface area (Å²) in [7, 11) is 0. The second-order valence-electron chi connectivity index (χ2n) is 6.68. The minimum absolute atomic E-state index is 0.459. The molecule has 0 aliphatic rings. The topological polar surface area (TPSA) is 77.6 Å². The molecule has 0 radical (unpaired) electrons. The fourth-order valence-corrected chi connectivity index (χ4v) is 3.72. The molecular weight excluding hydrogens is 406 g/mol. The van der Waals surface area contributed by atoms with Gasteiger partial charge in [0.1, 0.15) is 11.4 Å². The van der Waals surface area contributed by atoms with Gasteiger partial charge in [-0.25, -0.2) is 4.98 Å². The highest BCUT2D eigenvalue weighted by molar-refractivity contribution is 7.98. The Balaban J connectivity index is 1.41. The third-order valence-corrected chi connectivity index (χ3v) is 5.40. The van der Waals surface area contributed by atoms with Gasteiger partial charge in [0.25, 0.3) is 0 Å². The second-order valence-corrected chi connectivity index (χ2v) is 7.62. The SMILES string of the molecule is c1ccc(-c2nnc(CSc3nnc(-c4ccccc4)c(-c4ccccc4)n3)o2)cc1. The van der Waals surface area contributed by atoms with Gasteiger partial charge in [-0.15, -0.1) is 20.4 Å². The van der Waals surface area contributed by atoms with Crippen LogP contribution in [0.5, 0.6) is 0 Å². The van der Waals surface area contributed by atoms with Crippen LogP contribution >= 0.6 is 11.8 Å². The fourth-order valence-electron chi connectivity index (χ4n) is 3.10. The lowest BCUT2D eigenvalue weighted by Crippen LogP contribution is -1.99. The molecule has 0 amide bonds. The Morgan fingerprint density at radius 1 is 0.581 bits per heavy atom. The van der Waals surface area contributed by atoms with Gasteiger partial charge in [0.05, 0.1) is 5.75 Å². The van der Waals surface area contributed by atoms with Crippen molar-refractivity contribution in [2.24, 2.45) is 0 Å². The van der Waals surface area contributed by atoms with Crippen molar-refractivity contribution < 1.29 is 4.42 Å². The molecule has 0 fully saturated rings. The van der Waals surface area contributed by atoms with Gasteiger partial charge in [0.15, 0.2) is 0 Å². The van der Waals surface area contributed by atoms with E-state index in [1.54, 1.807) is 0 Å². The zero-order valence-electron chi connectivity index (χ0n) is 16.4. The Kier molecular flexibility index (Phi) is 5.49. The quantitative estimate of drug-likeness (QED) is 0.331. The van der Waals surface area contributed by atoms with Gasteiger partial charge >= 0.3 is 0 Å². The molecule has 6 nitrogen and oxygen atoms in total. The van der Waals surface area contributed by atoms with Crippen LogP contribution < -0.4 is 0 Å². The van der Waals surface area contributed by atoms with E-state index in [0.717, 1.165) is 28.1 Å². The molecule has 0 spiro atoms. The van der Waals surface area contributed by atoms with Gasteiger partial charge < -0.3 is 4.42 Å². The van der Waals surface area contributed by atoms with Crippen LogP contribution in [-0.2, 0) is 5.75 Å². The molecule has 2 heterocycles. The van der Waals surface area contributed by atoms with Gasteiger partial charge in [-0.1, -0.05) is 90.6 Å². The monoisotopic (exact) mass is 423 g/mol. The molecule has 0 saturated heterocycles. The minimum Gasteiger partial charge on any atom is -0.420 e. The number of rotatable bonds is 6. The first kappa shape index (κ1) is 19.1. The lowest BCUT2D eigenvalue weighted by molar-refractivity contribution is 0.528. The lowest BCUT2D eigenvalue weighted by Gasteiger charge is -2.09. The highest BCUT2D eigenvalue weighted by atomic mass is 32.2. The third-order valence-electron chi connectivity index (χ3n) is 4.57. The van der Waals surface area contributed by atoms with E-state index in [9.17, 15) is 0 Å². The van der Waals surface area contributed by atoms with Crippen LogP contribution in [-0.4, -0.2) is 25.4 Å². The van der Waals surface area contributed by atoms with Crippen LogP contribution in [0.1, 0.15) is 5.89 Å². The lowest BCUT2D eigenvalue weighted by atomic mass is 10.0. The average molecular weight is 424 g/mol. The molecular formula is C24H17N5OS. The summed E-state index contributed by atoms with van der Waals surface area (Å²) >= 11 is 1.41. The summed E-state index contributed by atoms with van der Waals surface area (Å²) < 4.78 is 5.78. The van der Waals surface area contributed by atoms with E-state index >= 15 is 0 Å². The van der Waals surface area contributed by atoms with E-state index in [-0.39, 0.29) is 0 Å². The Morgan fingerprint density at radius 2 is 1.16 bits per heavy atom. The molecule has 0 atom stereocenters. The van der Waals surface area contributed by atoms with Crippen molar-refractivity contribution >= 4 is 11.8 Å². The molecule has 5 aromatic rings. The minimum atomic E-state index is 0.459. The normalized spacial score (nSPS) is 10.8. The molecule has 0 saturated carbocycles. The van der Waals surface area contributed by atoms with Crippen molar-refractivity contribution in [2.75, 3.05) is 0 Å². The highest BCUT2D eigenvalue weighted by Gasteiger charge is 2.15. The van der Waals surface area contributed by atoms with Gasteiger partial charge in [-0.2, -0.15) is 0 Å². The predicted molar refractivity (Wildman–Crippen MR) is 120 cm³/mol. The average Bonchev–Trinajstić information content (AvgIpc) is 3.33. The van der Waals surface area contributed by atoms with Crippen molar-refractivity contribution in [2.45, 2.75) is 10.9 Å². The Bertz CT molecular complexity index is 1280. The van der Waals surface area contributed by atoms with E-state index in [0.29, 0.717) is 22.7 Å². The summed E-state index contributed by atoms with van der Waals surface area (Å²) in [6, 6.07) is 29.7. The van der Waals surface area contributed by atoms with Crippen LogP contribution in [0.15, 0.2) is 101 Å². The number of nitrogens with zero attached hydrogens (tertiary/aromatic N) is 5. The predicted octanol–water partition coefficient (Wildman–Crippen LogP) is 5.55. The summed E-state index contributed by atoms with van der Waals surface area (Å²) in [5.41, 5.74) is 4.40. The van der Waals surface area contributed by atoms with E-state index in [4.69, 9.17) is 9.40 Å². The van der Waals surface area contributed by atoms with Gasteiger partial charge in [-0.3, -0.25) is 0 Å². The van der Waals surface area contributed by atoms with Crippen LogP contribution in [0.25, 0.3) is 34.0 Å². The van der Waals surface area contributed by atoms with Crippen LogP contribution in [0.2, 0.25) is 0 Å². The van der Waals surface area contributed by atoms with Crippen LogP contribution in [0.3, 0.4) is 0 Å². The zero-order chi connectivity index (χ0) is 20.9.